The van der Waals surface area contributed by atoms with Crippen molar-refractivity contribution in [3.63, 3.8) is 0 Å². The zero-order valence-electron chi connectivity index (χ0n) is 17.6. The molecule has 4 rings (SSSR count). The third-order valence-electron chi connectivity index (χ3n) is 5.49. The highest BCUT2D eigenvalue weighted by molar-refractivity contribution is 7.89. The Morgan fingerprint density at radius 2 is 2.00 bits per heavy atom. The normalized spacial score (nSPS) is 17.1. The Hall–Kier alpha value is -2.86. The summed E-state index contributed by atoms with van der Waals surface area (Å²) in [5.74, 6) is 0.825. The van der Waals surface area contributed by atoms with Crippen LogP contribution in [-0.2, 0) is 16.6 Å². The summed E-state index contributed by atoms with van der Waals surface area (Å²) in [6.07, 6.45) is 1.92. The third-order valence-corrected chi connectivity index (χ3v) is 7.74. The standard InChI is InChI=1S/C23H23ClN4O3S/c1-16-5-4-12-28(15-16)32(29,30)19-10-8-17(9-11-19)22-27-21(13-25)23(31-22)26-14-18-6-2-3-7-20(18)24/h2-3,6-11,16,26H,4-5,12,14-15H2,1H3. The molecule has 0 radical (unpaired) electrons. The van der Waals surface area contributed by atoms with Gasteiger partial charge in [-0.1, -0.05) is 36.7 Å². The molecule has 9 heteroatoms. The molecule has 1 aliphatic heterocycles. The number of hydrogen-bond acceptors (Lipinski definition) is 6. The quantitative estimate of drug-likeness (QED) is 0.550. The lowest BCUT2D eigenvalue weighted by atomic mass is 10.0. The molecule has 0 bridgehead atoms. The number of oxazole rings is 1. The largest absolute Gasteiger partial charge is 0.419 e. The van der Waals surface area contributed by atoms with Crippen LogP contribution in [-0.4, -0.2) is 30.8 Å². The minimum absolute atomic E-state index is 0.117. The summed E-state index contributed by atoms with van der Waals surface area (Å²) >= 11 is 6.18. The number of rotatable bonds is 6. The molecule has 1 atom stereocenters. The molecule has 0 spiro atoms. The molecule has 2 aromatic carbocycles. The molecule has 1 fully saturated rings. The molecule has 0 saturated carbocycles. The number of nitrogens with zero attached hydrogens (tertiary/aromatic N) is 3. The van der Waals surface area contributed by atoms with Gasteiger partial charge in [0.1, 0.15) is 6.07 Å². The first-order valence-electron chi connectivity index (χ1n) is 10.4. The number of nitrogens with one attached hydrogen (secondary N) is 1. The van der Waals surface area contributed by atoms with Crippen molar-refractivity contribution in [2.45, 2.75) is 31.2 Å². The Morgan fingerprint density at radius 3 is 2.69 bits per heavy atom. The Labute approximate surface area is 192 Å². The smallest absolute Gasteiger partial charge is 0.243 e. The van der Waals surface area contributed by atoms with Gasteiger partial charge in [0, 0.05) is 30.2 Å². The molecule has 1 unspecified atom stereocenters. The van der Waals surface area contributed by atoms with Gasteiger partial charge in [0.25, 0.3) is 0 Å². The van der Waals surface area contributed by atoms with E-state index in [-0.39, 0.29) is 22.4 Å². The average molecular weight is 471 g/mol. The maximum absolute atomic E-state index is 13.0. The van der Waals surface area contributed by atoms with Crippen LogP contribution in [0.15, 0.2) is 57.8 Å². The van der Waals surface area contributed by atoms with Gasteiger partial charge in [0.05, 0.1) is 4.90 Å². The number of hydrogen-bond donors (Lipinski definition) is 1. The molecule has 1 N–H and O–H groups in total. The predicted molar refractivity (Wildman–Crippen MR) is 123 cm³/mol. The van der Waals surface area contributed by atoms with E-state index >= 15 is 0 Å². The summed E-state index contributed by atoms with van der Waals surface area (Å²) in [4.78, 5) is 4.48. The van der Waals surface area contributed by atoms with Crippen LogP contribution in [0, 0.1) is 17.2 Å². The first-order valence-corrected chi connectivity index (χ1v) is 12.2. The molecule has 32 heavy (non-hydrogen) atoms. The Morgan fingerprint density at radius 1 is 1.25 bits per heavy atom. The van der Waals surface area contributed by atoms with Crippen molar-refractivity contribution in [1.29, 1.82) is 5.26 Å². The van der Waals surface area contributed by atoms with E-state index in [4.69, 9.17) is 16.0 Å². The van der Waals surface area contributed by atoms with Crippen molar-refractivity contribution >= 4 is 27.5 Å². The summed E-state index contributed by atoms with van der Waals surface area (Å²) in [7, 11) is -3.54. The van der Waals surface area contributed by atoms with Gasteiger partial charge in [-0.3, -0.25) is 0 Å². The molecule has 1 saturated heterocycles. The first-order chi connectivity index (χ1) is 15.4. The summed E-state index contributed by atoms with van der Waals surface area (Å²) in [6.45, 7) is 3.52. The summed E-state index contributed by atoms with van der Waals surface area (Å²) in [6, 6.07) is 15.8. The van der Waals surface area contributed by atoms with Gasteiger partial charge in [0.15, 0.2) is 0 Å². The average Bonchev–Trinajstić information content (AvgIpc) is 3.22. The van der Waals surface area contributed by atoms with Crippen LogP contribution in [0.5, 0.6) is 0 Å². The van der Waals surface area contributed by atoms with Gasteiger partial charge in [-0.05, 0) is 54.7 Å². The fourth-order valence-corrected chi connectivity index (χ4v) is 5.54. The molecule has 1 aromatic heterocycles. The van der Waals surface area contributed by atoms with E-state index in [1.54, 1.807) is 34.6 Å². The van der Waals surface area contributed by atoms with Crippen LogP contribution in [0.4, 0.5) is 5.88 Å². The molecule has 2 heterocycles. The van der Waals surface area contributed by atoms with E-state index < -0.39 is 10.0 Å². The topological polar surface area (TPSA) is 99.2 Å². The summed E-state index contributed by atoms with van der Waals surface area (Å²) in [5, 5.41) is 13.1. The monoisotopic (exact) mass is 470 g/mol. The van der Waals surface area contributed by atoms with E-state index in [2.05, 4.69) is 17.2 Å². The molecular formula is C23H23ClN4O3S. The van der Waals surface area contributed by atoms with E-state index in [1.807, 2.05) is 24.3 Å². The van der Waals surface area contributed by atoms with Gasteiger partial charge in [-0.2, -0.15) is 14.6 Å². The second kappa shape index (κ2) is 9.33. The summed E-state index contributed by atoms with van der Waals surface area (Å²) < 4.78 is 33.2. The number of sulfonamides is 1. The minimum atomic E-state index is -3.54. The van der Waals surface area contributed by atoms with E-state index in [0.717, 1.165) is 18.4 Å². The molecule has 0 aliphatic carbocycles. The Balaban J connectivity index is 1.53. The highest BCUT2D eigenvalue weighted by atomic mass is 35.5. The molecular weight excluding hydrogens is 448 g/mol. The Bertz CT molecular complexity index is 1250. The van der Waals surface area contributed by atoms with Crippen molar-refractivity contribution < 1.29 is 12.8 Å². The third kappa shape index (κ3) is 4.65. The van der Waals surface area contributed by atoms with Crippen LogP contribution in [0.1, 0.15) is 31.0 Å². The highest BCUT2D eigenvalue weighted by Crippen LogP contribution is 2.29. The van der Waals surface area contributed by atoms with Gasteiger partial charge in [0.2, 0.25) is 27.5 Å². The molecule has 0 amide bonds. The lowest BCUT2D eigenvalue weighted by Crippen LogP contribution is -2.39. The van der Waals surface area contributed by atoms with E-state index in [1.165, 1.54) is 0 Å². The van der Waals surface area contributed by atoms with Crippen molar-refractivity contribution in [3.05, 3.63) is 64.8 Å². The number of aromatic nitrogens is 1. The molecule has 7 nitrogen and oxygen atoms in total. The number of piperidine rings is 1. The lowest BCUT2D eigenvalue weighted by molar-refractivity contribution is 0.281. The van der Waals surface area contributed by atoms with Crippen LogP contribution >= 0.6 is 11.6 Å². The van der Waals surface area contributed by atoms with Crippen LogP contribution in [0.2, 0.25) is 5.02 Å². The number of nitriles is 1. The number of anilines is 1. The van der Waals surface area contributed by atoms with Gasteiger partial charge in [-0.25, -0.2) is 8.42 Å². The SMILES string of the molecule is CC1CCCN(S(=O)(=O)c2ccc(-c3nc(C#N)c(NCc4ccccc4Cl)o3)cc2)C1. The van der Waals surface area contributed by atoms with Crippen LogP contribution in [0.3, 0.4) is 0 Å². The fraction of sp³-hybridized carbons (Fsp3) is 0.304. The maximum atomic E-state index is 13.0. The van der Waals surface area contributed by atoms with E-state index in [0.29, 0.717) is 36.1 Å². The van der Waals surface area contributed by atoms with Crippen LogP contribution < -0.4 is 5.32 Å². The second-order valence-electron chi connectivity index (χ2n) is 7.89. The molecule has 1 aliphatic rings. The van der Waals surface area contributed by atoms with Gasteiger partial charge < -0.3 is 9.73 Å². The highest BCUT2D eigenvalue weighted by Gasteiger charge is 2.28. The van der Waals surface area contributed by atoms with Gasteiger partial charge in [-0.15, -0.1) is 0 Å². The Kier molecular flexibility index (Phi) is 6.51. The predicted octanol–water partition coefficient (Wildman–Crippen LogP) is 4.90. The zero-order chi connectivity index (χ0) is 22.7. The van der Waals surface area contributed by atoms with Crippen molar-refractivity contribution in [2.75, 3.05) is 18.4 Å². The zero-order valence-corrected chi connectivity index (χ0v) is 19.2. The lowest BCUT2D eigenvalue weighted by Gasteiger charge is -2.30. The maximum Gasteiger partial charge on any atom is 0.243 e. The number of halogens is 1. The number of benzene rings is 2. The fourth-order valence-electron chi connectivity index (χ4n) is 3.74. The minimum Gasteiger partial charge on any atom is -0.419 e. The van der Waals surface area contributed by atoms with Crippen molar-refractivity contribution in [2.24, 2.45) is 5.92 Å². The van der Waals surface area contributed by atoms with Crippen molar-refractivity contribution in [1.82, 2.24) is 9.29 Å². The molecule has 166 valence electrons. The first kappa shape index (κ1) is 22.3. The second-order valence-corrected chi connectivity index (χ2v) is 10.2. The van der Waals surface area contributed by atoms with Gasteiger partial charge >= 0.3 is 0 Å². The molecule has 3 aromatic rings. The summed E-state index contributed by atoms with van der Waals surface area (Å²) in [5.41, 5.74) is 1.56. The van der Waals surface area contributed by atoms with Crippen LogP contribution in [0.25, 0.3) is 11.5 Å². The van der Waals surface area contributed by atoms with E-state index in [9.17, 15) is 13.7 Å². The van der Waals surface area contributed by atoms with Crippen molar-refractivity contribution in [3.8, 4) is 17.5 Å².